The van der Waals surface area contributed by atoms with Crippen LogP contribution in [0.1, 0.15) is 31.5 Å². The molecule has 3 aromatic rings. The molecular formula is C23H23FN2O4. The SMILES string of the molecule is CC(C)CC(=O)N(Cc1ccc2c(c1)OCO2)Cc1cc(-c2ccc(F)cc2)on1. The first-order chi connectivity index (χ1) is 14.5. The van der Waals surface area contributed by atoms with Crippen LogP contribution in [0.2, 0.25) is 0 Å². The Morgan fingerprint density at radius 3 is 2.60 bits per heavy atom. The molecule has 1 amide bonds. The molecule has 0 atom stereocenters. The lowest BCUT2D eigenvalue weighted by atomic mass is 10.1. The number of halogens is 1. The fourth-order valence-corrected chi connectivity index (χ4v) is 3.30. The first kappa shape index (κ1) is 19.9. The molecule has 0 radical (unpaired) electrons. The van der Waals surface area contributed by atoms with Crippen molar-refractivity contribution >= 4 is 5.91 Å². The molecule has 0 bridgehead atoms. The first-order valence-electron chi connectivity index (χ1n) is 9.86. The summed E-state index contributed by atoms with van der Waals surface area (Å²) in [5.74, 6) is 1.89. The van der Waals surface area contributed by atoms with Crippen LogP contribution in [-0.4, -0.2) is 22.8 Å². The van der Waals surface area contributed by atoms with Gasteiger partial charge in [0, 0.05) is 24.6 Å². The van der Waals surface area contributed by atoms with Gasteiger partial charge < -0.3 is 18.9 Å². The molecule has 2 aromatic carbocycles. The molecule has 0 saturated carbocycles. The van der Waals surface area contributed by atoms with E-state index in [1.165, 1.54) is 12.1 Å². The van der Waals surface area contributed by atoms with Crippen molar-refractivity contribution in [1.29, 1.82) is 0 Å². The van der Waals surface area contributed by atoms with E-state index in [1.807, 2.05) is 32.0 Å². The summed E-state index contributed by atoms with van der Waals surface area (Å²) < 4.78 is 29.4. The summed E-state index contributed by atoms with van der Waals surface area (Å²) in [5, 5.41) is 4.11. The number of hydrogen-bond donors (Lipinski definition) is 0. The third-order valence-corrected chi connectivity index (χ3v) is 4.79. The Morgan fingerprint density at radius 2 is 1.83 bits per heavy atom. The Balaban J connectivity index is 1.53. The van der Waals surface area contributed by atoms with E-state index in [9.17, 15) is 9.18 Å². The van der Waals surface area contributed by atoms with E-state index in [1.54, 1.807) is 23.1 Å². The predicted molar refractivity (Wildman–Crippen MR) is 108 cm³/mol. The fourth-order valence-electron chi connectivity index (χ4n) is 3.30. The highest BCUT2D eigenvalue weighted by Crippen LogP contribution is 2.33. The summed E-state index contributed by atoms with van der Waals surface area (Å²) in [6.45, 7) is 4.96. The van der Waals surface area contributed by atoms with Gasteiger partial charge in [-0.25, -0.2) is 4.39 Å². The third-order valence-electron chi connectivity index (χ3n) is 4.79. The molecule has 0 aliphatic carbocycles. The van der Waals surface area contributed by atoms with Crippen LogP contribution in [0.3, 0.4) is 0 Å². The number of fused-ring (bicyclic) bond motifs is 1. The lowest BCUT2D eigenvalue weighted by Gasteiger charge is -2.23. The Labute approximate surface area is 174 Å². The van der Waals surface area contributed by atoms with Gasteiger partial charge in [-0.2, -0.15) is 0 Å². The van der Waals surface area contributed by atoms with Crippen LogP contribution in [0.5, 0.6) is 11.5 Å². The highest BCUT2D eigenvalue weighted by atomic mass is 19.1. The molecule has 156 valence electrons. The topological polar surface area (TPSA) is 64.8 Å². The van der Waals surface area contributed by atoms with E-state index in [-0.39, 0.29) is 24.4 Å². The van der Waals surface area contributed by atoms with Gasteiger partial charge in [-0.15, -0.1) is 0 Å². The normalized spacial score (nSPS) is 12.4. The Kier molecular flexibility index (Phi) is 5.70. The second kappa shape index (κ2) is 8.57. The summed E-state index contributed by atoms with van der Waals surface area (Å²) in [6.07, 6.45) is 0.438. The summed E-state index contributed by atoms with van der Waals surface area (Å²) in [5.41, 5.74) is 2.30. The minimum atomic E-state index is -0.312. The number of aromatic nitrogens is 1. The van der Waals surface area contributed by atoms with Gasteiger partial charge in [0.25, 0.3) is 0 Å². The number of benzene rings is 2. The van der Waals surface area contributed by atoms with Gasteiger partial charge in [-0.3, -0.25) is 4.79 Å². The molecule has 2 heterocycles. The maximum atomic E-state index is 13.2. The molecule has 0 N–H and O–H groups in total. The quantitative estimate of drug-likeness (QED) is 0.561. The van der Waals surface area contributed by atoms with Gasteiger partial charge in [0.1, 0.15) is 11.5 Å². The van der Waals surface area contributed by atoms with E-state index < -0.39 is 0 Å². The van der Waals surface area contributed by atoms with Crippen molar-refractivity contribution in [2.75, 3.05) is 6.79 Å². The van der Waals surface area contributed by atoms with E-state index in [2.05, 4.69) is 5.16 Å². The number of carbonyl (C=O) groups excluding carboxylic acids is 1. The first-order valence-corrected chi connectivity index (χ1v) is 9.86. The molecule has 1 aliphatic heterocycles. The molecule has 1 aliphatic rings. The smallest absolute Gasteiger partial charge is 0.231 e. The van der Waals surface area contributed by atoms with Crippen LogP contribution in [0, 0.1) is 11.7 Å². The van der Waals surface area contributed by atoms with Crippen molar-refractivity contribution in [2.45, 2.75) is 33.4 Å². The fraction of sp³-hybridized carbons (Fsp3) is 0.304. The molecule has 30 heavy (non-hydrogen) atoms. The minimum absolute atomic E-state index is 0.0361. The van der Waals surface area contributed by atoms with Crippen LogP contribution in [0.15, 0.2) is 53.1 Å². The Bertz CT molecular complexity index is 1030. The van der Waals surface area contributed by atoms with E-state index in [0.717, 1.165) is 11.1 Å². The lowest BCUT2D eigenvalue weighted by molar-refractivity contribution is -0.133. The predicted octanol–water partition coefficient (Wildman–Crippen LogP) is 4.78. The standard InChI is InChI=1S/C23H23FN2O4/c1-15(2)9-23(27)26(12-16-3-8-20-22(10-16)29-14-28-20)13-19-11-21(30-25-19)17-4-6-18(24)7-5-17/h3-8,10-11,15H,9,12-14H2,1-2H3. The highest BCUT2D eigenvalue weighted by molar-refractivity contribution is 5.76. The van der Waals surface area contributed by atoms with Crippen LogP contribution in [0.25, 0.3) is 11.3 Å². The molecular weight excluding hydrogens is 387 g/mol. The molecule has 6 nitrogen and oxygen atoms in total. The summed E-state index contributed by atoms with van der Waals surface area (Å²) >= 11 is 0. The zero-order valence-corrected chi connectivity index (χ0v) is 16.9. The number of hydrogen-bond acceptors (Lipinski definition) is 5. The Hall–Kier alpha value is -3.35. The number of nitrogens with zero attached hydrogens (tertiary/aromatic N) is 2. The van der Waals surface area contributed by atoms with Gasteiger partial charge in [0.05, 0.1) is 6.54 Å². The summed E-state index contributed by atoms with van der Waals surface area (Å²) in [4.78, 5) is 14.6. The number of rotatable bonds is 7. The highest BCUT2D eigenvalue weighted by Gasteiger charge is 2.20. The second-order valence-corrected chi connectivity index (χ2v) is 7.72. The summed E-state index contributed by atoms with van der Waals surface area (Å²) in [6, 6.07) is 13.5. The molecule has 1 aromatic heterocycles. The average molecular weight is 410 g/mol. The van der Waals surface area contributed by atoms with Gasteiger partial charge in [-0.1, -0.05) is 25.1 Å². The minimum Gasteiger partial charge on any atom is -0.454 e. The zero-order valence-electron chi connectivity index (χ0n) is 16.9. The average Bonchev–Trinajstić information content (AvgIpc) is 3.36. The van der Waals surface area contributed by atoms with Gasteiger partial charge in [-0.05, 0) is 47.9 Å². The zero-order chi connectivity index (χ0) is 21.1. The van der Waals surface area contributed by atoms with E-state index >= 15 is 0 Å². The number of carbonyl (C=O) groups is 1. The third kappa shape index (κ3) is 4.62. The van der Waals surface area contributed by atoms with Crippen molar-refractivity contribution in [3.05, 3.63) is 65.6 Å². The summed E-state index contributed by atoms with van der Waals surface area (Å²) in [7, 11) is 0. The van der Waals surface area contributed by atoms with Gasteiger partial charge in [0.2, 0.25) is 12.7 Å². The molecule has 4 rings (SSSR count). The molecule has 0 saturated heterocycles. The van der Waals surface area contributed by atoms with Crippen molar-refractivity contribution in [3.63, 3.8) is 0 Å². The van der Waals surface area contributed by atoms with Crippen LogP contribution < -0.4 is 9.47 Å². The monoisotopic (exact) mass is 410 g/mol. The molecule has 7 heteroatoms. The van der Waals surface area contributed by atoms with Crippen molar-refractivity contribution < 1.29 is 23.2 Å². The van der Waals surface area contributed by atoms with Crippen molar-refractivity contribution in [2.24, 2.45) is 5.92 Å². The molecule has 0 spiro atoms. The van der Waals surface area contributed by atoms with Crippen LogP contribution in [0.4, 0.5) is 4.39 Å². The van der Waals surface area contributed by atoms with Crippen molar-refractivity contribution in [3.8, 4) is 22.8 Å². The second-order valence-electron chi connectivity index (χ2n) is 7.72. The number of amides is 1. The lowest BCUT2D eigenvalue weighted by Crippen LogP contribution is -2.31. The van der Waals surface area contributed by atoms with E-state index in [4.69, 9.17) is 14.0 Å². The van der Waals surface area contributed by atoms with E-state index in [0.29, 0.717) is 42.5 Å². The largest absolute Gasteiger partial charge is 0.454 e. The van der Waals surface area contributed by atoms with Crippen molar-refractivity contribution in [1.82, 2.24) is 10.1 Å². The van der Waals surface area contributed by atoms with Gasteiger partial charge >= 0.3 is 0 Å². The molecule has 0 unspecified atom stereocenters. The van der Waals surface area contributed by atoms with Crippen LogP contribution >= 0.6 is 0 Å². The van der Waals surface area contributed by atoms with Gasteiger partial charge in [0.15, 0.2) is 17.3 Å². The Morgan fingerprint density at radius 1 is 1.07 bits per heavy atom. The molecule has 0 fully saturated rings. The maximum Gasteiger partial charge on any atom is 0.231 e. The number of ether oxygens (including phenoxy) is 2. The maximum absolute atomic E-state index is 13.2. The van der Waals surface area contributed by atoms with Crippen LogP contribution in [-0.2, 0) is 17.9 Å².